The molecule has 0 radical (unpaired) electrons. The van der Waals surface area contributed by atoms with Crippen molar-refractivity contribution in [2.75, 3.05) is 0 Å². The third-order valence-corrected chi connectivity index (χ3v) is 3.65. The molecule has 0 spiro atoms. The highest BCUT2D eigenvalue weighted by Crippen LogP contribution is 2.25. The van der Waals surface area contributed by atoms with Crippen LogP contribution in [0.15, 0.2) is 0 Å². The molecule has 1 fully saturated rings. The van der Waals surface area contributed by atoms with Crippen molar-refractivity contribution in [2.24, 2.45) is 5.92 Å². The fourth-order valence-electron chi connectivity index (χ4n) is 2.57. The van der Waals surface area contributed by atoms with Gasteiger partial charge in [0, 0.05) is 18.4 Å². The Morgan fingerprint density at radius 3 is 2.35 bits per heavy atom. The van der Waals surface area contributed by atoms with Crippen molar-refractivity contribution in [1.82, 2.24) is 5.32 Å². The maximum absolute atomic E-state index is 12.1. The number of rotatable bonds is 5. The summed E-state index contributed by atoms with van der Waals surface area (Å²) < 4.78 is 5.20. The SMILES string of the molecule is C[C@@H](CCC(=O)C1CCCCC1)NC(=O)OC(C)(C)C. The van der Waals surface area contributed by atoms with Gasteiger partial charge in [0.1, 0.15) is 11.4 Å². The summed E-state index contributed by atoms with van der Waals surface area (Å²) in [7, 11) is 0. The predicted octanol–water partition coefficient (Wildman–Crippen LogP) is 3.83. The number of Topliss-reactive ketones (excluding diaryl/α,β-unsaturated/α-hetero) is 1. The van der Waals surface area contributed by atoms with E-state index in [4.69, 9.17) is 4.74 Å². The lowest BCUT2D eigenvalue weighted by molar-refractivity contribution is -0.124. The zero-order chi connectivity index (χ0) is 15.2. The van der Waals surface area contributed by atoms with Gasteiger partial charge in [0.2, 0.25) is 0 Å². The Kier molecular flexibility index (Phi) is 6.50. The van der Waals surface area contributed by atoms with Gasteiger partial charge in [-0.3, -0.25) is 4.79 Å². The average molecular weight is 283 g/mol. The highest BCUT2D eigenvalue weighted by Gasteiger charge is 2.22. The van der Waals surface area contributed by atoms with Crippen LogP contribution < -0.4 is 5.32 Å². The van der Waals surface area contributed by atoms with E-state index >= 15 is 0 Å². The van der Waals surface area contributed by atoms with E-state index in [-0.39, 0.29) is 12.0 Å². The Balaban J connectivity index is 2.23. The first-order chi connectivity index (χ1) is 9.28. The van der Waals surface area contributed by atoms with Crippen molar-refractivity contribution in [2.45, 2.75) is 84.3 Å². The van der Waals surface area contributed by atoms with Crippen LogP contribution in [0.2, 0.25) is 0 Å². The molecule has 0 aromatic heterocycles. The molecule has 1 amide bonds. The number of ketones is 1. The number of carbonyl (C=O) groups excluding carboxylic acids is 2. The lowest BCUT2D eigenvalue weighted by Crippen LogP contribution is -2.38. The summed E-state index contributed by atoms with van der Waals surface area (Å²) in [5.41, 5.74) is -0.484. The van der Waals surface area contributed by atoms with Crippen molar-refractivity contribution in [1.29, 1.82) is 0 Å². The van der Waals surface area contributed by atoms with Crippen LogP contribution in [0.4, 0.5) is 4.79 Å². The number of nitrogens with one attached hydrogen (secondary N) is 1. The van der Waals surface area contributed by atoms with Crippen molar-refractivity contribution >= 4 is 11.9 Å². The quantitative estimate of drug-likeness (QED) is 0.834. The van der Waals surface area contributed by atoms with E-state index in [0.29, 0.717) is 18.6 Å². The fourth-order valence-corrected chi connectivity index (χ4v) is 2.57. The lowest BCUT2D eigenvalue weighted by Gasteiger charge is -2.23. The zero-order valence-corrected chi connectivity index (χ0v) is 13.3. The van der Waals surface area contributed by atoms with Crippen LogP contribution in [0.1, 0.15) is 72.6 Å². The molecule has 20 heavy (non-hydrogen) atoms. The third-order valence-electron chi connectivity index (χ3n) is 3.65. The Morgan fingerprint density at radius 1 is 1.20 bits per heavy atom. The second-order valence-electron chi connectivity index (χ2n) is 6.89. The van der Waals surface area contributed by atoms with Gasteiger partial charge >= 0.3 is 6.09 Å². The Morgan fingerprint density at radius 2 is 1.80 bits per heavy atom. The summed E-state index contributed by atoms with van der Waals surface area (Å²) in [6, 6.07) is -0.0302. The van der Waals surface area contributed by atoms with Gasteiger partial charge in [-0.25, -0.2) is 4.79 Å². The van der Waals surface area contributed by atoms with Crippen LogP contribution in [-0.4, -0.2) is 23.5 Å². The third kappa shape index (κ3) is 6.92. The van der Waals surface area contributed by atoms with Crippen LogP contribution in [0.3, 0.4) is 0 Å². The molecule has 1 aliphatic carbocycles. The molecule has 4 heteroatoms. The maximum atomic E-state index is 12.1. The van der Waals surface area contributed by atoms with Gasteiger partial charge in [0.05, 0.1) is 0 Å². The Hall–Kier alpha value is -1.06. The molecule has 0 heterocycles. The van der Waals surface area contributed by atoms with Crippen LogP contribution in [0, 0.1) is 5.92 Å². The predicted molar refractivity (Wildman–Crippen MR) is 79.6 cm³/mol. The monoisotopic (exact) mass is 283 g/mol. The van der Waals surface area contributed by atoms with Gasteiger partial charge in [0.25, 0.3) is 0 Å². The molecule has 0 aromatic rings. The summed E-state index contributed by atoms with van der Waals surface area (Å²) in [5.74, 6) is 0.625. The second-order valence-corrected chi connectivity index (χ2v) is 6.89. The minimum Gasteiger partial charge on any atom is -0.444 e. The first-order valence-electron chi connectivity index (χ1n) is 7.80. The highest BCUT2D eigenvalue weighted by atomic mass is 16.6. The van der Waals surface area contributed by atoms with Gasteiger partial charge in [-0.2, -0.15) is 0 Å². The molecule has 1 N–H and O–H groups in total. The summed E-state index contributed by atoms with van der Waals surface area (Å²) in [6.07, 6.45) is 6.57. The van der Waals surface area contributed by atoms with E-state index in [1.54, 1.807) is 0 Å². The van der Waals surface area contributed by atoms with Crippen LogP contribution in [-0.2, 0) is 9.53 Å². The number of alkyl carbamates (subject to hydrolysis) is 1. The summed E-state index contributed by atoms with van der Waals surface area (Å²) in [5, 5.41) is 2.78. The summed E-state index contributed by atoms with van der Waals surface area (Å²) in [4.78, 5) is 23.7. The van der Waals surface area contributed by atoms with Crippen LogP contribution in [0.25, 0.3) is 0 Å². The van der Waals surface area contributed by atoms with Crippen molar-refractivity contribution in [3.63, 3.8) is 0 Å². The molecular weight excluding hydrogens is 254 g/mol. The smallest absolute Gasteiger partial charge is 0.407 e. The molecule has 4 nitrogen and oxygen atoms in total. The van der Waals surface area contributed by atoms with Gasteiger partial charge in [-0.1, -0.05) is 19.3 Å². The number of hydrogen-bond acceptors (Lipinski definition) is 3. The van der Waals surface area contributed by atoms with Crippen LogP contribution >= 0.6 is 0 Å². The number of carbonyl (C=O) groups is 2. The minimum absolute atomic E-state index is 0.0302. The minimum atomic E-state index is -0.484. The molecule has 116 valence electrons. The molecule has 0 aliphatic heterocycles. The maximum Gasteiger partial charge on any atom is 0.407 e. The fraction of sp³-hybridized carbons (Fsp3) is 0.875. The topological polar surface area (TPSA) is 55.4 Å². The molecule has 0 unspecified atom stereocenters. The van der Waals surface area contributed by atoms with Crippen molar-refractivity contribution in [3.05, 3.63) is 0 Å². The molecule has 1 aliphatic rings. The molecule has 0 saturated heterocycles. The van der Waals surface area contributed by atoms with E-state index < -0.39 is 11.7 Å². The van der Waals surface area contributed by atoms with E-state index in [9.17, 15) is 9.59 Å². The average Bonchev–Trinajstić information content (AvgIpc) is 2.34. The normalized spacial score (nSPS) is 18.4. The number of hydrogen-bond donors (Lipinski definition) is 1. The molecule has 1 rings (SSSR count). The zero-order valence-electron chi connectivity index (χ0n) is 13.3. The molecule has 0 aromatic carbocycles. The number of amides is 1. The van der Waals surface area contributed by atoms with Gasteiger partial charge in [-0.05, 0) is 47.0 Å². The van der Waals surface area contributed by atoms with Gasteiger partial charge < -0.3 is 10.1 Å². The highest BCUT2D eigenvalue weighted by molar-refractivity contribution is 5.81. The van der Waals surface area contributed by atoms with Gasteiger partial charge in [-0.15, -0.1) is 0 Å². The standard InChI is InChI=1S/C16H29NO3/c1-12(17-15(19)20-16(2,3)4)10-11-14(18)13-8-6-5-7-9-13/h12-13H,5-11H2,1-4H3,(H,17,19)/t12-/m0/s1. The Bertz CT molecular complexity index is 327. The number of ether oxygens (including phenoxy) is 1. The molecule has 1 atom stereocenters. The molecular formula is C16H29NO3. The van der Waals surface area contributed by atoms with Gasteiger partial charge in [0.15, 0.2) is 0 Å². The summed E-state index contributed by atoms with van der Waals surface area (Å²) in [6.45, 7) is 7.43. The lowest BCUT2D eigenvalue weighted by atomic mass is 9.84. The van der Waals surface area contributed by atoms with E-state index in [1.807, 2.05) is 27.7 Å². The molecule has 1 saturated carbocycles. The van der Waals surface area contributed by atoms with Crippen molar-refractivity contribution in [3.8, 4) is 0 Å². The first-order valence-corrected chi connectivity index (χ1v) is 7.80. The van der Waals surface area contributed by atoms with Crippen LogP contribution in [0.5, 0.6) is 0 Å². The molecule has 0 bridgehead atoms. The largest absolute Gasteiger partial charge is 0.444 e. The van der Waals surface area contributed by atoms with E-state index in [1.165, 1.54) is 19.3 Å². The first kappa shape index (κ1) is 17.0. The Labute approximate surface area is 122 Å². The van der Waals surface area contributed by atoms with Crippen molar-refractivity contribution < 1.29 is 14.3 Å². The van der Waals surface area contributed by atoms with E-state index in [2.05, 4.69) is 5.32 Å². The van der Waals surface area contributed by atoms with E-state index in [0.717, 1.165) is 12.8 Å². The second kappa shape index (κ2) is 7.65. The summed E-state index contributed by atoms with van der Waals surface area (Å²) >= 11 is 0.